The third kappa shape index (κ3) is 7.07. The lowest BCUT2D eigenvalue weighted by Crippen LogP contribution is -2.51. The molecule has 0 spiro atoms. The number of fused-ring (bicyclic) bond motifs is 1. The molecule has 1 saturated heterocycles. The van der Waals surface area contributed by atoms with Gasteiger partial charge in [0.2, 0.25) is 0 Å². The lowest BCUT2D eigenvalue weighted by molar-refractivity contribution is 0.0671. The van der Waals surface area contributed by atoms with E-state index < -0.39 is 5.82 Å². The Balaban J connectivity index is 1.14. The van der Waals surface area contributed by atoms with E-state index >= 15 is 0 Å². The summed E-state index contributed by atoms with van der Waals surface area (Å²) in [5.41, 5.74) is 1.51. The zero-order chi connectivity index (χ0) is 32.0. The molecule has 0 atom stereocenters. The molecule has 0 saturated carbocycles. The van der Waals surface area contributed by atoms with E-state index in [1.807, 2.05) is 42.5 Å². The first-order chi connectivity index (χ1) is 22.3. The number of carbonyl (C=O) groups excluding carboxylic acids is 3. The average Bonchev–Trinajstić information content (AvgIpc) is 3.08. The van der Waals surface area contributed by atoms with Gasteiger partial charge < -0.3 is 29.9 Å². The van der Waals surface area contributed by atoms with Gasteiger partial charge in [-0.05, 0) is 71.4 Å². The van der Waals surface area contributed by atoms with Gasteiger partial charge in [-0.2, -0.15) is 0 Å². The first-order valence-corrected chi connectivity index (χ1v) is 14.8. The number of nitrogens with one attached hydrogen (secondary N) is 2. The molecule has 0 bridgehead atoms. The number of urea groups is 1. The van der Waals surface area contributed by atoms with Gasteiger partial charge in [0.1, 0.15) is 28.8 Å². The van der Waals surface area contributed by atoms with Crippen molar-refractivity contribution in [1.29, 1.82) is 0 Å². The van der Waals surface area contributed by atoms with Crippen molar-refractivity contribution in [3.8, 4) is 23.0 Å². The second kappa shape index (κ2) is 13.4. The third-order valence-corrected chi connectivity index (χ3v) is 7.61. The normalized spacial score (nSPS) is 12.8. The molecule has 5 aromatic carbocycles. The lowest BCUT2D eigenvalue weighted by atomic mass is 10.1. The van der Waals surface area contributed by atoms with Crippen molar-refractivity contribution in [2.75, 3.05) is 38.5 Å². The Morgan fingerprint density at radius 3 is 1.83 bits per heavy atom. The summed E-state index contributed by atoms with van der Waals surface area (Å²) in [7, 11) is 1.56. The molecule has 232 valence electrons. The van der Waals surface area contributed by atoms with Crippen LogP contribution in [-0.2, 0) is 0 Å². The molecule has 5 aromatic rings. The number of benzene rings is 5. The van der Waals surface area contributed by atoms with Gasteiger partial charge in [-0.3, -0.25) is 9.59 Å². The van der Waals surface area contributed by atoms with Crippen LogP contribution in [0.5, 0.6) is 23.0 Å². The number of amides is 4. The lowest BCUT2D eigenvalue weighted by Gasteiger charge is -2.34. The summed E-state index contributed by atoms with van der Waals surface area (Å²) in [6.07, 6.45) is 0. The standard InChI is InChI=1S/C36H31FN4O5/c1-38-34(42)25-8-12-30(13-9-25)45-32-21-29(22-33(23-32)46-31-14-10-28(37)11-15-31)39-36(44)41-18-16-40(17-19-41)35(43)27-7-6-24-4-2-3-5-26(24)20-27/h2-15,20-23H,16-19H2,1H3,(H,38,42)(H,39,44). The quantitative estimate of drug-likeness (QED) is 0.206. The molecular formula is C36H31FN4O5. The molecule has 0 aliphatic carbocycles. The monoisotopic (exact) mass is 618 g/mol. The van der Waals surface area contributed by atoms with Crippen LogP contribution < -0.4 is 20.1 Å². The maximum Gasteiger partial charge on any atom is 0.321 e. The Labute approximate surface area is 265 Å². The Morgan fingerprint density at radius 2 is 1.20 bits per heavy atom. The Morgan fingerprint density at radius 1 is 0.630 bits per heavy atom. The molecule has 4 amide bonds. The minimum atomic E-state index is -0.392. The van der Waals surface area contributed by atoms with Crippen molar-refractivity contribution in [2.24, 2.45) is 0 Å². The smallest absolute Gasteiger partial charge is 0.321 e. The number of hydrogen-bond donors (Lipinski definition) is 2. The number of rotatable bonds is 7. The zero-order valence-corrected chi connectivity index (χ0v) is 25.0. The summed E-state index contributed by atoms with van der Waals surface area (Å²) in [5.74, 6) is 0.915. The number of ether oxygens (including phenoxy) is 2. The Bertz CT molecular complexity index is 1890. The van der Waals surface area contributed by atoms with Gasteiger partial charge in [0, 0.05) is 68.2 Å². The van der Waals surface area contributed by atoms with Crippen LogP contribution in [-0.4, -0.2) is 60.9 Å². The second-order valence-electron chi connectivity index (χ2n) is 10.7. The van der Waals surface area contributed by atoms with E-state index in [1.165, 1.54) is 24.3 Å². The van der Waals surface area contributed by atoms with Gasteiger partial charge in [0.05, 0.1) is 0 Å². The van der Waals surface area contributed by atoms with Crippen molar-refractivity contribution >= 4 is 34.3 Å². The number of anilines is 1. The highest BCUT2D eigenvalue weighted by Crippen LogP contribution is 2.33. The van der Waals surface area contributed by atoms with E-state index in [1.54, 1.807) is 59.3 Å². The highest BCUT2D eigenvalue weighted by molar-refractivity contribution is 5.99. The van der Waals surface area contributed by atoms with Crippen LogP contribution in [0.2, 0.25) is 0 Å². The fourth-order valence-electron chi connectivity index (χ4n) is 5.18. The van der Waals surface area contributed by atoms with Crippen molar-refractivity contribution in [2.45, 2.75) is 0 Å². The third-order valence-electron chi connectivity index (χ3n) is 7.61. The van der Waals surface area contributed by atoms with E-state index in [-0.39, 0.29) is 17.8 Å². The van der Waals surface area contributed by atoms with Crippen molar-refractivity contribution in [3.05, 3.63) is 126 Å². The SMILES string of the molecule is CNC(=O)c1ccc(Oc2cc(NC(=O)N3CCN(C(=O)c4ccc5ccccc5c4)CC3)cc(Oc3ccc(F)cc3)c2)cc1. The van der Waals surface area contributed by atoms with Crippen molar-refractivity contribution in [1.82, 2.24) is 15.1 Å². The minimum Gasteiger partial charge on any atom is -0.457 e. The number of hydrogen-bond acceptors (Lipinski definition) is 5. The first kappa shape index (κ1) is 30.1. The van der Waals surface area contributed by atoms with E-state index in [0.717, 1.165) is 10.8 Å². The van der Waals surface area contributed by atoms with Crippen LogP contribution in [0.3, 0.4) is 0 Å². The molecule has 2 N–H and O–H groups in total. The molecule has 6 rings (SSSR count). The van der Waals surface area contributed by atoms with Crippen LogP contribution in [0.25, 0.3) is 10.8 Å². The summed E-state index contributed by atoms with van der Waals surface area (Å²) in [5, 5.41) is 7.56. The van der Waals surface area contributed by atoms with E-state index in [0.29, 0.717) is 66.0 Å². The van der Waals surface area contributed by atoms with Crippen LogP contribution in [0.1, 0.15) is 20.7 Å². The van der Waals surface area contributed by atoms with Crippen molar-refractivity contribution in [3.63, 3.8) is 0 Å². The second-order valence-corrected chi connectivity index (χ2v) is 10.7. The Kier molecular flexibility index (Phi) is 8.78. The maximum atomic E-state index is 13.5. The number of nitrogens with zero attached hydrogens (tertiary/aromatic N) is 2. The molecule has 46 heavy (non-hydrogen) atoms. The van der Waals surface area contributed by atoms with Gasteiger partial charge in [-0.15, -0.1) is 0 Å². The van der Waals surface area contributed by atoms with E-state index in [4.69, 9.17) is 9.47 Å². The number of carbonyl (C=O) groups is 3. The molecule has 1 aliphatic heterocycles. The van der Waals surface area contributed by atoms with E-state index in [2.05, 4.69) is 10.6 Å². The molecule has 0 unspecified atom stereocenters. The fraction of sp³-hybridized carbons (Fsp3) is 0.139. The molecular weight excluding hydrogens is 587 g/mol. The molecule has 1 fully saturated rings. The summed E-state index contributed by atoms with van der Waals surface area (Å²) >= 11 is 0. The molecule has 10 heteroatoms. The predicted molar refractivity (Wildman–Crippen MR) is 173 cm³/mol. The summed E-state index contributed by atoms with van der Waals surface area (Å²) < 4.78 is 25.4. The summed E-state index contributed by atoms with van der Waals surface area (Å²) in [4.78, 5) is 41.8. The predicted octanol–water partition coefficient (Wildman–Crippen LogP) is 6.91. The highest BCUT2D eigenvalue weighted by Gasteiger charge is 2.25. The highest BCUT2D eigenvalue weighted by atomic mass is 19.1. The first-order valence-electron chi connectivity index (χ1n) is 14.8. The van der Waals surface area contributed by atoms with Crippen LogP contribution in [0, 0.1) is 5.82 Å². The topological polar surface area (TPSA) is 100 Å². The largest absolute Gasteiger partial charge is 0.457 e. The molecule has 0 aromatic heterocycles. The molecule has 1 heterocycles. The van der Waals surface area contributed by atoms with E-state index in [9.17, 15) is 18.8 Å². The van der Waals surface area contributed by atoms with Crippen LogP contribution >= 0.6 is 0 Å². The van der Waals surface area contributed by atoms with Crippen molar-refractivity contribution < 1.29 is 28.2 Å². The number of halogens is 1. The fourth-order valence-corrected chi connectivity index (χ4v) is 5.18. The van der Waals surface area contributed by atoms with Crippen LogP contribution in [0.15, 0.2) is 109 Å². The summed E-state index contributed by atoms with van der Waals surface area (Å²) in [6.45, 7) is 1.51. The Hall–Kier alpha value is -5.90. The summed E-state index contributed by atoms with van der Waals surface area (Å²) in [6, 6.07) is 30.3. The van der Waals surface area contributed by atoms with Gasteiger partial charge >= 0.3 is 6.03 Å². The maximum absolute atomic E-state index is 13.5. The van der Waals surface area contributed by atoms with Crippen LogP contribution in [0.4, 0.5) is 14.9 Å². The minimum absolute atomic E-state index is 0.0680. The van der Waals surface area contributed by atoms with Gasteiger partial charge in [0.15, 0.2) is 0 Å². The van der Waals surface area contributed by atoms with Gasteiger partial charge in [0.25, 0.3) is 11.8 Å². The zero-order valence-electron chi connectivity index (χ0n) is 25.0. The van der Waals surface area contributed by atoms with Gasteiger partial charge in [-0.1, -0.05) is 30.3 Å². The molecule has 1 aliphatic rings. The van der Waals surface area contributed by atoms with Gasteiger partial charge in [-0.25, -0.2) is 9.18 Å². The molecule has 9 nitrogen and oxygen atoms in total. The molecule has 0 radical (unpaired) electrons. The number of piperazine rings is 1. The average molecular weight is 619 g/mol.